The van der Waals surface area contributed by atoms with E-state index in [2.05, 4.69) is 11.4 Å². The van der Waals surface area contributed by atoms with Crippen LogP contribution in [0.15, 0.2) is 30.4 Å². The number of rotatable bonds is 3. The smallest absolute Gasteiger partial charge is 0.335 e. The van der Waals surface area contributed by atoms with Crippen molar-refractivity contribution in [2.45, 2.75) is 26.2 Å². The lowest BCUT2D eigenvalue weighted by molar-refractivity contribution is -0.120. The number of anilines is 1. The highest BCUT2D eigenvalue weighted by atomic mass is 16.4. The number of allylic oxidation sites excluding steroid dienone is 2. The van der Waals surface area contributed by atoms with Gasteiger partial charge in [-0.25, -0.2) is 4.79 Å². The first-order valence-electron chi connectivity index (χ1n) is 6.37. The third-order valence-corrected chi connectivity index (χ3v) is 3.36. The van der Waals surface area contributed by atoms with Crippen LogP contribution >= 0.6 is 0 Å². The lowest BCUT2D eigenvalue weighted by Crippen LogP contribution is -2.23. The topological polar surface area (TPSA) is 66.4 Å². The molecule has 0 aliphatic heterocycles. The molecule has 0 heterocycles. The Bertz CT molecular complexity index is 534. The number of benzene rings is 1. The van der Waals surface area contributed by atoms with E-state index in [0.717, 1.165) is 19.3 Å². The number of hydrogen-bond acceptors (Lipinski definition) is 2. The second-order valence-electron chi connectivity index (χ2n) is 4.81. The normalized spacial score (nSPS) is 18.1. The minimum absolute atomic E-state index is 0.00632. The minimum Gasteiger partial charge on any atom is -0.478 e. The molecule has 1 aromatic carbocycles. The number of amides is 1. The first-order chi connectivity index (χ1) is 9.08. The summed E-state index contributed by atoms with van der Waals surface area (Å²) in [5.41, 5.74) is 1.56. The van der Waals surface area contributed by atoms with Crippen LogP contribution in [0.2, 0.25) is 0 Å². The number of carboxylic acids is 1. The number of nitrogens with one attached hydrogen (secondary N) is 1. The van der Waals surface area contributed by atoms with E-state index in [1.54, 1.807) is 19.1 Å². The molecule has 0 saturated heterocycles. The van der Waals surface area contributed by atoms with Gasteiger partial charge in [-0.05, 0) is 49.9 Å². The highest BCUT2D eigenvalue weighted by Crippen LogP contribution is 2.21. The predicted molar refractivity (Wildman–Crippen MR) is 73.2 cm³/mol. The van der Waals surface area contributed by atoms with Gasteiger partial charge in [-0.3, -0.25) is 4.79 Å². The van der Waals surface area contributed by atoms with Gasteiger partial charge in [0.05, 0.1) is 5.56 Å². The number of carbonyl (C=O) groups is 2. The maximum atomic E-state index is 12.0. The molecule has 0 radical (unpaired) electrons. The summed E-state index contributed by atoms with van der Waals surface area (Å²) in [6.07, 6.45) is 6.71. The van der Waals surface area contributed by atoms with E-state index >= 15 is 0 Å². The summed E-state index contributed by atoms with van der Waals surface area (Å²) < 4.78 is 0. The molecule has 0 bridgehead atoms. The van der Waals surface area contributed by atoms with Crippen LogP contribution in [0.1, 0.15) is 35.2 Å². The van der Waals surface area contributed by atoms with E-state index in [9.17, 15) is 9.59 Å². The first kappa shape index (κ1) is 13.3. The zero-order valence-corrected chi connectivity index (χ0v) is 10.8. The zero-order chi connectivity index (χ0) is 13.8. The summed E-state index contributed by atoms with van der Waals surface area (Å²) in [6.45, 7) is 1.72. The molecule has 1 amide bonds. The SMILES string of the molecule is Cc1cc(NC(=O)C2CC=CCC2)ccc1C(=O)O. The Morgan fingerprint density at radius 1 is 1.32 bits per heavy atom. The van der Waals surface area contributed by atoms with Crippen molar-refractivity contribution in [1.82, 2.24) is 0 Å². The van der Waals surface area contributed by atoms with E-state index in [0.29, 0.717) is 11.3 Å². The predicted octanol–water partition coefficient (Wildman–Crippen LogP) is 2.99. The standard InChI is InChI=1S/C15H17NO3/c1-10-9-12(7-8-13(10)15(18)19)16-14(17)11-5-3-2-4-6-11/h2-3,7-9,11H,4-6H2,1H3,(H,16,17)(H,18,19). The maximum Gasteiger partial charge on any atom is 0.335 e. The van der Waals surface area contributed by atoms with Crippen molar-refractivity contribution in [3.63, 3.8) is 0 Å². The van der Waals surface area contributed by atoms with Gasteiger partial charge in [0.15, 0.2) is 0 Å². The summed E-state index contributed by atoms with van der Waals surface area (Å²) in [7, 11) is 0. The van der Waals surface area contributed by atoms with Gasteiger partial charge in [0, 0.05) is 11.6 Å². The van der Waals surface area contributed by atoms with Gasteiger partial charge in [-0.15, -0.1) is 0 Å². The van der Waals surface area contributed by atoms with Gasteiger partial charge in [0.25, 0.3) is 0 Å². The van der Waals surface area contributed by atoms with Crippen LogP contribution in [-0.2, 0) is 4.79 Å². The summed E-state index contributed by atoms with van der Waals surface area (Å²) in [5.74, 6) is -0.927. The molecule has 19 heavy (non-hydrogen) atoms. The molecule has 0 saturated carbocycles. The molecule has 4 heteroatoms. The van der Waals surface area contributed by atoms with Crippen LogP contribution in [0, 0.1) is 12.8 Å². The molecule has 1 aliphatic carbocycles. The molecular formula is C15H17NO3. The molecule has 0 aromatic heterocycles. The third kappa shape index (κ3) is 3.22. The number of aryl methyl sites for hydroxylation is 1. The fraction of sp³-hybridized carbons (Fsp3) is 0.333. The van der Waals surface area contributed by atoms with E-state index < -0.39 is 5.97 Å². The fourth-order valence-corrected chi connectivity index (χ4v) is 2.26. The van der Waals surface area contributed by atoms with Crippen molar-refractivity contribution in [3.05, 3.63) is 41.5 Å². The fourth-order valence-electron chi connectivity index (χ4n) is 2.26. The van der Waals surface area contributed by atoms with Gasteiger partial charge < -0.3 is 10.4 Å². The van der Waals surface area contributed by atoms with Gasteiger partial charge in [-0.2, -0.15) is 0 Å². The number of carboxylic acid groups (broad SMARTS) is 1. The molecule has 1 aliphatic rings. The average molecular weight is 259 g/mol. The summed E-state index contributed by atoms with van der Waals surface area (Å²) in [5, 5.41) is 11.8. The Hall–Kier alpha value is -2.10. The van der Waals surface area contributed by atoms with Crippen LogP contribution < -0.4 is 5.32 Å². The number of hydrogen-bond donors (Lipinski definition) is 2. The Balaban J connectivity index is 2.07. The van der Waals surface area contributed by atoms with Crippen LogP contribution in [0.4, 0.5) is 5.69 Å². The monoisotopic (exact) mass is 259 g/mol. The van der Waals surface area contributed by atoms with E-state index in [-0.39, 0.29) is 17.4 Å². The molecular weight excluding hydrogens is 242 g/mol. The Kier molecular flexibility index (Phi) is 4.00. The average Bonchev–Trinajstić information content (AvgIpc) is 2.39. The maximum absolute atomic E-state index is 12.0. The first-order valence-corrected chi connectivity index (χ1v) is 6.37. The second kappa shape index (κ2) is 5.69. The van der Waals surface area contributed by atoms with Crippen molar-refractivity contribution in [2.75, 3.05) is 5.32 Å². The van der Waals surface area contributed by atoms with Crippen LogP contribution in [0.5, 0.6) is 0 Å². The molecule has 1 unspecified atom stereocenters. The van der Waals surface area contributed by atoms with Crippen molar-refractivity contribution in [1.29, 1.82) is 0 Å². The van der Waals surface area contributed by atoms with Crippen molar-refractivity contribution in [2.24, 2.45) is 5.92 Å². The Labute approximate surface area is 112 Å². The van der Waals surface area contributed by atoms with Gasteiger partial charge in [0.1, 0.15) is 0 Å². The van der Waals surface area contributed by atoms with E-state index in [1.807, 2.05) is 6.08 Å². The molecule has 0 fully saturated rings. The van der Waals surface area contributed by atoms with Gasteiger partial charge in [0.2, 0.25) is 5.91 Å². The van der Waals surface area contributed by atoms with Gasteiger partial charge in [-0.1, -0.05) is 12.2 Å². The van der Waals surface area contributed by atoms with Crippen LogP contribution in [-0.4, -0.2) is 17.0 Å². The lowest BCUT2D eigenvalue weighted by atomic mass is 9.93. The van der Waals surface area contributed by atoms with Crippen molar-refractivity contribution >= 4 is 17.6 Å². The number of aromatic carboxylic acids is 1. The summed E-state index contributed by atoms with van der Waals surface area (Å²) in [4.78, 5) is 22.9. The second-order valence-corrected chi connectivity index (χ2v) is 4.81. The van der Waals surface area contributed by atoms with Crippen molar-refractivity contribution < 1.29 is 14.7 Å². The van der Waals surface area contributed by atoms with Crippen LogP contribution in [0.25, 0.3) is 0 Å². The molecule has 1 aromatic rings. The molecule has 0 spiro atoms. The van der Waals surface area contributed by atoms with Crippen LogP contribution in [0.3, 0.4) is 0 Å². The largest absolute Gasteiger partial charge is 0.478 e. The summed E-state index contributed by atoms with van der Waals surface area (Å²) in [6, 6.07) is 4.85. The molecule has 4 nitrogen and oxygen atoms in total. The van der Waals surface area contributed by atoms with Gasteiger partial charge >= 0.3 is 5.97 Å². The van der Waals surface area contributed by atoms with Crippen molar-refractivity contribution in [3.8, 4) is 0 Å². The number of carbonyl (C=O) groups excluding carboxylic acids is 1. The highest BCUT2D eigenvalue weighted by Gasteiger charge is 2.19. The molecule has 1 atom stereocenters. The lowest BCUT2D eigenvalue weighted by Gasteiger charge is -2.17. The summed E-state index contributed by atoms with van der Waals surface area (Å²) >= 11 is 0. The molecule has 100 valence electrons. The highest BCUT2D eigenvalue weighted by molar-refractivity contribution is 5.94. The Morgan fingerprint density at radius 2 is 2.11 bits per heavy atom. The molecule has 2 N–H and O–H groups in total. The molecule has 2 rings (SSSR count). The van der Waals surface area contributed by atoms with E-state index in [1.165, 1.54) is 6.07 Å². The Morgan fingerprint density at radius 3 is 2.68 bits per heavy atom. The third-order valence-electron chi connectivity index (χ3n) is 3.36. The zero-order valence-electron chi connectivity index (χ0n) is 10.8. The quantitative estimate of drug-likeness (QED) is 0.820. The minimum atomic E-state index is -0.951. The van der Waals surface area contributed by atoms with E-state index in [4.69, 9.17) is 5.11 Å².